The molecule has 0 aliphatic heterocycles. The van der Waals surface area contributed by atoms with Gasteiger partial charge in [-0.05, 0) is 5.56 Å². The van der Waals surface area contributed by atoms with E-state index in [1.807, 2.05) is 0 Å². The van der Waals surface area contributed by atoms with E-state index in [2.05, 4.69) is 0 Å². The quantitative estimate of drug-likeness (QED) is 0.778. The van der Waals surface area contributed by atoms with Crippen LogP contribution >= 0.6 is 69.6 Å². The van der Waals surface area contributed by atoms with Crippen molar-refractivity contribution in [1.29, 1.82) is 0 Å². The van der Waals surface area contributed by atoms with Crippen LogP contribution in [0.5, 0.6) is 0 Å². The predicted molar refractivity (Wildman–Crippen MR) is 70.9 cm³/mol. The van der Waals surface area contributed by atoms with Crippen LogP contribution < -0.4 is 0 Å². The Bertz CT molecular complexity index is 356. The molecule has 1 aromatic carbocycles. The maximum absolute atomic E-state index is 9.94. The molecular formula is C9H6Cl6O. The third-order valence-electron chi connectivity index (χ3n) is 1.93. The van der Waals surface area contributed by atoms with Crippen molar-refractivity contribution in [2.45, 2.75) is 13.2 Å². The maximum Gasteiger partial charge on any atom is 0.236 e. The molecule has 16 heavy (non-hydrogen) atoms. The summed E-state index contributed by atoms with van der Waals surface area (Å²) in [6.07, 6.45) is 0. The molecule has 1 rings (SSSR count). The molecule has 0 radical (unpaired) electrons. The van der Waals surface area contributed by atoms with Crippen molar-refractivity contribution < 1.29 is 5.11 Å². The Balaban J connectivity index is 3.22. The summed E-state index contributed by atoms with van der Waals surface area (Å²) >= 11 is 34.3. The summed E-state index contributed by atoms with van der Waals surface area (Å²) in [6.45, 7) is 0. The van der Waals surface area contributed by atoms with Gasteiger partial charge in [0.05, 0.1) is 0 Å². The third kappa shape index (κ3) is 2.67. The fraction of sp³-hybridized carbons (Fsp3) is 0.333. The minimum Gasteiger partial charge on any atom is -0.369 e. The van der Waals surface area contributed by atoms with Gasteiger partial charge in [-0.1, -0.05) is 99.9 Å². The fourth-order valence-corrected chi connectivity index (χ4v) is 2.38. The fourth-order valence-electron chi connectivity index (χ4n) is 1.02. The SMILES string of the molecule is OC(Cl)(C(Cl)(Cl)Cl)C(Cl)(Cl)c1ccccc1. The summed E-state index contributed by atoms with van der Waals surface area (Å²) in [5.74, 6) is 0. The minimum absolute atomic E-state index is 0.321. The van der Waals surface area contributed by atoms with Crippen molar-refractivity contribution in [1.82, 2.24) is 0 Å². The van der Waals surface area contributed by atoms with Crippen molar-refractivity contribution >= 4 is 69.6 Å². The molecule has 1 N–H and O–H groups in total. The van der Waals surface area contributed by atoms with Gasteiger partial charge in [-0.15, -0.1) is 0 Å². The molecule has 0 bridgehead atoms. The summed E-state index contributed by atoms with van der Waals surface area (Å²) < 4.78 is -4.20. The lowest BCUT2D eigenvalue weighted by atomic mass is 10.1. The summed E-state index contributed by atoms with van der Waals surface area (Å²) in [7, 11) is 0. The van der Waals surface area contributed by atoms with E-state index in [-0.39, 0.29) is 0 Å². The predicted octanol–water partition coefficient (Wildman–Crippen LogP) is 4.61. The van der Waals surface area contributed by atoms with Gasteiger partial charge in [0.2, 0.25) is 8.85 Å². The van der Waals surface area contributed by atoms with Crippen LogP contribution in [-0.4, -0.2) is 14.0 Å². The number of alkyl halides is 6. The second-order valence-electron chi connectivity index (χ2n) is 3.06. The third-order valence-corrected chi connectivity index (χ3v) is 4.78. The molecule has 0 aliphatic rings. The zero-order valence-corrected chi connectivity index (χ0v) is 12.1. The highest BCUT2D eigenvalue weighted by molar-refractivity contribution is 6.72. The van der Waals surface area contributed by atoms with E-state index in [4.69, 9.17) is 69.6 Å². The summed E-state index contributed by atoms with van der Waals surface area (Å²) in [5, 5.41) is 7.47. The number of benzene rings is 1. The Hall–Kier alpha value is 0.920. The van der Waals surface area contributed by atoms with Crippen molar-refractivity contribution in [3.8, 4) is 0 Å². The van der Waals surface area contributed by atoms with Gasteiger partial charge in [0.15, 0.2) is 4.33 Å². The number of halogens is 6. The van der Waals surface area contributed by atoms with E-state index in [0.717, 1.165) is 0 Å². The summed E-state index contributed by atoms with van der Waals surface area (Å²) in [4.78, 5) is 0. The topological polar surface area (TPSA) is 20.2 Å². The molecule has 0 heterocycles. The van der Waals surface area contributed by atoms with Gasteiger partial charge in [0, 0.05) is 0 Å². The highest BCUT2D eigenvalue weighted by atomic mass is 35.6. The van der Waals surface area contributed by atoms with Gasteiger partial charge in [-0.2, -0.15) is 0 Å². The van der Waals surface area contributed by atoms with Crippen LogP contribution in [0.25, 0.3) is 0 Å². The van der Waals surface area contributed by atoms with Crippen LogP contribution in [0, 0.1) is 0 Å². The molecule has 1 aromatic rings. The minimum atomic E-state index is -2.46. The first-order valence-corrected chi connectivity index (χ1v) is 6.29. The van der Waals surface area contributed by atoms with Crippen LogP contribution in [0.2, 0.25) is 0 Å². The molecule has 0 fully saturated rings. The van der Waals surface area contributed by atoms with Gasteiger partial charge in [0.25, 0.3) is 0 Å². The molecule has 1 atom stereocenters. The van der Waals surface area contributed by atoms with Crippen LogP contribution in [0.4, 0.5) is 0 Å². The molecule has 0 amide bonds. The first-order valence-electron chi connectivity index (χ1n) is 4.02. The summed E-state index contributed by atoms with van der Waals surface area (Å²) in [6, 6.07) is 8.20. The highest BCUT2D eigenvalue weighted by Crippen LogP contribution is 2.56. The average molecular weight is 343 g/mol. The van der Waals surface area contributed by atoms with Crippen LogP contribution in [-0.2, 0) is 4.33 Å². The number of hydrogen-bond acceptors (Lipinski definition) is 1. The number of rotatable bonds is 2. The Morgan fingerprint density at radius 1 is 0.812 bits per heavy atom. The van der Waals surface area contributed by atoms with Gasteiger partial charge >= 0.3 is 0 Å². The first kappa shape index (κ1) is 15.0. The Morgan fingerprint density at radius 2 is 1.25 bits per heavy atom. The Kier molecular flexibility index (Phi) is 4.58. The summed E-state index contributed by atoms with van der Waals surface area (Å²) in [5.41, 5.74) is 0.321. The second-order valence-corrected chi connectivity index (χ2v) is 7.22. The highest BCUT2D eigenvalue weighted by Gasteiger charge is 2.60. The van der Waals surface area contributed by atoms with E-state index >= 15 is 0 Å². The molecule has 7 heteroatoms. The van der Waals surface area contributed by atoms with Crippen molar-refractivity contribution in [2.75, 3.05) is 0 Å². The van der Waals surface area contributed by atoms with Crippen molar-refractivity contribution in [3.63, 3.8) is 0 Å². The molecular weight excluding hydrogens is 337 g/mol. The average Bonchev–Trinajstić information content (AvgIpc) is 2.17. The van der Waals surface area contributed by atoms with Gasteiger partial charge in [-0.3, -0.25) is 0 Å². The van der Waals surface area contributed by atoms with Crippen molar-refractivity contribution in [2.24, 2.45) is 0 Å². The van der Waals surface area contributed by atoms with Crippen molar-refractivity contribution in [3.05, 3.63) is 35.9 Å². The van der Waals surface area contributed by atoms with E-state index in [1.165, 1.54) is 0 Å². The standard InChI is InChI=1S/C9H6Cl6O/c10-7(11,6-4-2-1-3-5-6)8(12,16)9(13,14)15/h1-5,16H. The maximum atomic E-state index is 9.94. The molecule has 90 valence electrons. The van der Waals surface area contributed by atoms with Crippen LogP contribution in [0.1, 0.15) is 5.56 Å². The molecule has 0 aromatic heterocycles. The molecule has 0 aliphatic carbocycles. The smallest absolute Gasteiger partial charge is 0.236 e. The molecule has 1 unspecified atom stereocenters. The zero-order valence-electron chi connectivity index (χ0n) is 7.60. The Morgan fingerprint density at radius 3 is 1.62 bits per heavy atom. The first-order chi connectivity index (χ1) is 7.11. The van der Waals surface area contributed by atoms with Crippen LogP contribution in [0.15, 0.2) is 30.3 Å². The number of aliphatic hydroxyl groups is 1. The van der Waals surface area contributed by atoms with E-state index in [9.17, 15) is 5.11 Å². The zero-order chi connectivity index (χ0) is 12.6. The largest absolute Gasteiger partial charge is 0.369 e. The van der Waals surface area contributed by atoms with Crippen LogP contribution in [0.3, 0.4) is 0 Å². The lowest BCUT2D eigenvalue weighted by molar-refractivity contribution is 0.113. The van der Waals surface area contributed by atoms with Gasteiger partial charge in [-0.25, -0.2) is 0 Å². The van der Waals surface area contributed by atoms with E-state index in [1.54, 1.807) is 30.3 Å². The molecule has 0 saturated heterocycles. The lowest BCUT2D eigenvalue weighted by Gasteiger charge is -2.38. The van der Waals surface area contributed by atoms with E-state index in [0.29, 0.717) is 5.56 Å². The second kappa shape index (κ2) is 4.89. The van der Waals surface area contributed by atoms with Gasteiger partial charge in [0.1, 0.15) is 0 Å². The molecule has 0 spiro atoms. The molecule has 1 nitrogen and oxygen atoms in total. The lowest BCUT2D eigenvalue weighted by Crippen LogP contribution is -2.49. The number of hydrogen-bond donors (Lipinski definition) is 1. The van der Waals surface area contributed by atoms with Gasteiger partial charge < -0.3 is 5.11 Å². The monoisotopic (exact) mass is 340 g/mol. The Labute approximate surface area is 123 Å². The van der Waals surface area contributed by atoms with E-state index < -0.39 is 13.2 Å². The normalized spacial score (nSPS) is 16.9. The molecule has 0 saturated carbocycles.